The zero-order valence-electron chi connectivity index (χ0n) is 32.5. The van der Waals surface area contributed by atoms with Crippen LogP contribution >= 0.6 is 0 Å². The van der Waals surface area contributed by atoms with Crippen LogP contribution in [0.1, 0.15) is 80.1 Å². The second kappa shape index (κ2) is 18.3. The van der Waals surface area contributed by atoms with Crippen LogP contribution in [0.3, 0.4) is 0 Å². The van der Waals surface area contributed by atoms with Crippen LogP contribution in [0.15, 0.2) is 67.2 Å². The maximum Gasteiger partial charge on any atom is 0.134 e. The lowest BCUT2D eigenvalue weighted by Gasteiger charge is -2.35. The Labute approximate surface area is 324 Å². The Morgan fingerprint density at radius 1 is 0.436 bits per heavy atom. The molecule has 278 valence electrons. The fraction of sp³-hybridized carbons (Fsp3) is 0.500. The number of hydrogen-bond acceptors (Lipinski definition) is 13. The Morgan fingerprint density at radius 3 is 0.873 bits per heavy atom. The molecule has 0 aromatic heterocycles. The van der Waals surface area contributed by atoms with Crippen molar-refractivity contribution in [3.05, 3.63) is 67.2 Å². The summed E-state index contributed by atoms with van der Waals surface area (Å²) in [4.78, 5) is 2.17. The van der Waals surface area contributed by atoms with Gasteiger partial charge in [-0.1, -0.05) is 41.5 Å². The first-order valence-corrected chi connectivity index (χ1v) is 18.0. The molecule has 0 amide bonds. The molecule has 0 atom stereocenters. The van der Waals surface area contributed by atoms with Crippen molar-refractivity contribution in [2.45, 2.75) is 80.1 Å². The highest BCUT2D eigenvalue weighted by molar-refractivity contribution is 5.59. The highest BCUT2D eigenvalue weighted by Crippen LogP contribution is 2.44. The summed E-state index contributed by atoms with van der Waals surface area (Å²) in [5, 5.41) is 98.2. The van der Waals surface area contributed by atoms with Crippen molar-refractivity contribution < 1.29 is 0 Å². The number of nitrogens with one attached hydrogen (secondary N) is 3. The standard InChI is InChI=1S/C42H45N13/c1-40(2)13-31(28(19-43)20-44)34(25-49)37(16-40)52-7-10-55(11-8-53-38-17-41(3,4)14-32(35(38)26-50)29(21-45)22-46)12-9-54-39-18-42(5,6)15-33(36(39)27-51)30(23-47)24-48/h52-54H,7-18H2,1-6H3. The lowest BCUT2D eigenvalue weighted by atomic mass is 9.73. The second-order valence-electron chi connectivity index (χ2n) is 16.3. The summed E-state index contributed by atoms with van der Waals surface area (Å²) in [6.07, 6.45) is 2.95. The summed E-state index contributed by atoms with van der Waals surface area (Å²) >= 11 is 0. The zero-order valence-corrected chi connectivity index (χ0v) is 32.5. The average molecular weight is 732 g/mol. The first-order valence-electron chi connectivity index (χ1n) is 18.0. The van der Waals surface area contributed by atoms with Gasteiger partial charge in [-0.3, -0.25) is 4.90 Å². The molecule has 3 aliphatic rings. The van der Waals surface area contributed by atoms with Gasteiger partial charge in [0.25, 0.3) is 0 Å². The van der Waals surface area contributed by atoms with Crippen LogP contribution in [0.4, 0.5) is 0 Å². The molecule has 0 unspecified atom stereocenters. The smallest absolute Gasteiger partial charge is 0.134 e. The SMILES string of the molecule is CC1(C)CC(NCCN(CCNC2=C(C#N)C(=C(C#N)C#N)CC(C)(C)C2)CCNC2=C(C#N)C(=C(C#N)C#N)CC(C)(C)C2)=C(C#N)C(=C(C#N)C#N)C1. The molecular formula is C42H45N13. The van der Waals surface area contributed by atoms with Crippen LogP contribution in [0.2, 0.25) is 0 Å². The molecule has 0 saturated carbocycles. The molecule has 13 nitrogen and oxygen atoms in total. The van der Waals surface area contributed by atoms with E-state index in [4.69, 9.17) is 0 Å². The molecule has 0 spiro atoms. The monoisotopic (exact) mass is 731 g/mol. The van der Waals surface area contributed by atoms with Crippen LogP contribution in [0.25, 0.3) is 0 Å². The minimum Gasteiger partial charge on any atom is -0.386 e. The van der Waals surface area contributed by atoms with E-state index in [9.17, 15) is 47.4 Å². The summed E-state index contributed by atoms with van der Waals surface area (Å²) in [6, 6.07) is 18.3. The topological polar surface area (TPSA) is 253 Å². The van der Waals surface area contributed by atoms with Crippen LogP contribution < -0.4 is 16.0 Å². The molecule has 55 heavy (non-hydrogen) atoms. The normalized spacial score (nSPS) is 18.1. The average Bonchev–Trinajstić information content (AvgIpc) is 3.12. The lowest BCUT2D eigenvalue weighted by molar-refractivity contribution is 0.269. The Kier molecular flexibility index (Phi) is 14.2. The number of nitrogens with zero attached hydrogens (tertiary/aromatic N) is 10. The van der Waals surface area contributed by atoms with Gasteiger partial charge in [0.15, 0.2) is 0 Å². The summed E-state index contributed by atoms with van der Waals surface area (Å²) in [5.41, 5.74) is 3.20. The molecule has 0 radical (unpaired) electrons. The Morgan fingerprint density at radius 2 is 0.673 bits per heavy atom. The minimum atomic E-state index is -0.293. The number of allylic oxidation sites excluding steroid dienone is 12. The van der Waals surface area contributed by atoms with Crippen LogP contribution in [-0.2, 0) is 0 Å². The van der Waals surface area contributed by atoms with Gasteiger partial charge in [-0.25, -0.2) is 0 Å². The van der Waals surface area contributed by atoms with Crippen molar-refractivity contribution in [3.8, 4) is 54.6 Å². The summed E-state index contributed by atoms with van der Waals surface area (Å²) in [5.74, 6) is 0. The Bertz CT molecular complexity index is 1880. The molecule has 0 aromatic carbocycles. The van der Waals surface area contributed by atoms with E-state index in [0.29, 0.717) is 128 Å². The van der Waals surface area contributed by atoms with Gasteiger partial charge in [-0.05, 0) is 54.8 Å². The zero-order chi connectivity index (χ0) is 41.0. The minimum absolute atomic E-state index is 0.0689. The molecule has 3 aliphatic carbocycles. The van der Waals surface area contributed by atoms with Gasteiger partial charge in [0.05, 0.1) is 16.7 Å². The first kappa shape index (κ1) is 42.6. The highest BCUT2D eigenvalue weighted by Gasteiger charge is 2.35. The third kappa shape index (κ3) is 10.6. The predicted molar refractivity (Wildman–Crippen MR) is 202 cm³/mol. The summed E-state index contributed by atoms with van der Waals surface area (Å²) in [7, 11) is 0. The van der Waals surface area contributed by atoms with E-state index in [1.54, 1.807) is 0 Å². The van der Waals surface area contributed by atoms with Crippen molar-refractivity contribution in [1.82, 2.24) is 20.9 Å². The molecule has 0 aromatic rings. The molecule has 13 heteroatoms. The van der Waals surface area contributed by atoms with Crippen molar-refractivity contribution in [2.75, 3.05) is 39.3 Å². The summed E-state index contributed by atoms with van der Waals surface area (Å²) in [6.45, 7) is 15.0. The highest BCUT2D eigenvalue weighted by atomic mass is 15.2. The van der Waals surface area contributed by atoms with Crippen LogP contribution in [-0.4, -0.2) is 44.2 Å². The number of hydrogen-bond donors (Lipinski definition) is 3. The maximum absolute atomic E-state index is 10.1. The van der Waals surface area contributed by atoms with Crippen molar-refractivity contribution in [3.63, 3.8) is 0 Å². The second-order valence-corrected chi connectivity index (χ2v) is 16.3. The third-order valence-electron chi connectivity index (χ3n) is 9.95. The number of nitriles is 9. The predicted octanol–water partition coefficient (Wildman–Crippen LogP) is 5.88. The van der Waals surface area contributed by atoms with E-state index in [0.717, 1.165) is 0 Å². The van der Waals surface area contributed by atoms with Gasteiger partial charge in [0.2, 0.25) is 0 Å². The fourth-order valence-electron chi connectivity index (χ4n) is 7.54. The van der Waals surface area contributed by atoms with E-state index >= 15 is 0 Å². The van der Waals surface area contributed by atoms with Gasteiger partial charge in [0, 0.05) is 73.1 Å². The molecule has 0 fully saturated rings. The van der Waals surface area contributed by atoms with Gasteiger partial charge in [0.1, 0.15) is 71.3 Å². The van der Waals surface area contributed by atoms with E-state index in [1.165, 1.54) is 0 Å². The van der Waals surface area contributed by atoms with Crippen LogP contribution in [0, 0.1) is 118 Å². The van der Waals surface area contributed by atoms with Gasteiger partial charge in [-0.2, -0.15) is 47.4 Å². The van der Waals surface area contributed by atoms with Gasteiger partial charge in [-0.15, -0.1) is 0 Å². The maximum atomic E-state index is 10.1. The van der Waals surface area contributed by atoms with E-state index in [2.05, 4.69) is 39.1 Å². The molecular weight excluding hydrogens is 687 g/mol. The molecule has 0 heterocycles. The third-order valence-corrected chi connectivity index (χ3v) is 9.95. The molecule has 3 rings (SSSR count). The largest absolute Gasteiger partial charge is 0.386 e. The Hall–Kier alpha value is -6.79. The van der Waals surface area contributed by atoms with Crippen LogP contribution in [0.5, 0.6) is 0 Å². The van der Waals surface area contributed by atoms with Crippen molar-refractivity contribution >= 4 is 0 Å². The van der Waals surface area contributed by atoms with Crippen molar-refractivity contribution in [2.24, 2.45) is 16.2 Å². The molecule has 0 aliphatic heterocycles. The number of rotatable bonds is 12. The van der Waals surface area contributed by atoms with Gasteiger partial charge < -0.3 is 16.0 Å². The van der Waals surface area contributed by atoms with E-state index in [1.807, 2.05) is 78.0 Å². The first-order chi connectivity index (χ1) is 26.1. The molecule has 0 saturated heterocycles. The van der Waals surface area contributed by atoms with Crippen molar-refractivity contribution in [1.29, 1.82) is 47.4 Å². The molecule has 0 bridgehead atoms. The van der Waals surface area contributed by atoms with E-state index in [-0.39, 0.29) is 33.0 Å². The summed E-state index contributed by atoms with van der Waals surface area (Å²) < 4.78 is 0. The quantitative estimate of drug-likeness (QED) is 0.198. The van der Waals surface area contributed by atoms with Gasteiger partial charge >= 0.3 is 0 Å². The van der Waals surface area contributed by atoms with E-state index < -0.39 is 0 Å². The lowest BCUT2D eigenvalue weighted by Crippen LogP contribution is -2.42. The molecule has 3 N–H and O–H groups in total. The fourth-order valence-corrected chi connectivity index (χ4v) is 7.54. The Balaban J connectivity index is 1.92.